The van der Waals surface area contributed by atoms with Crippen LogP contribution in [-0.2, 0) is 9.59 Å². The van der Waals surface area contributed by atoms with Crippen LogP contribution in [0, 0.1) is 11.6 Å². The molecule has 2 amide bonds. The van der Waals surface area contributed by atoms with Crippen molar-refractivity contribution in [3.63, 3.8) is 0 Å². The van der Waals surface area contributed by atoms with E-state index in [4.69, 9.17) is 0 Å². The van der Waals surface area contributed by atoms with Gasteiger partial charge in [-0.15, -0.1) is 0 Å². The van der Waals surface area contributed by atoms with E-state index in [0.717, 1.165) is 17.0 Å². The molecule has 2 rings (SSSR count). The van der Waals surface area contributed by atoms with E-state index < -0.39 is 23.2 Å². The predicted molar refractivity (Wildman–Crippen MR) is 72.8 cm³/mol. The summed E-state index contributed by atoms with van der Waals surface area (Å²) in [5.41, 5.74) is -0.413. The van der Waals surface area contributed by atoms with Gasteiger partial charge in [-0.2, -0.15) is 0 Å². The summed E-state index contributed by atoms with van der Waals surface area (Å²) < 4.78 is 26.8. The maximum absolute atomic E-state index is 13.4. The fraction of sp³-hybridized carbons (Fsp3) is 0.429. The first-order valence-corrected chi connectivity index (χ1v) is 6.80. The molecule has 5 nitrogen and oxygen atoms in total. The zero-order valence-corrected chi connectivity index (χ0v) is 11.8. The lowest BCUT2D eigenvalue weighted by Gasteiger charge is -2.31. The van der Waals surface area contributed by atoms with Crippen molar-refractivity contribution < 1.29 is 23.3 Å². The summed E-state index contributed by atoms with van der Waals surface area (Å²) >= 11 is 0. The molecule has 0 saturated carbocycles. The van der Waals surface area contributed by atoms with Crippen molar-refractivity contribution in [1.29, 1.82) is 0 Å². The average Bonchev–Trinajstić information content (AvgIpc) is 2.43. The van der Waals surface area contributed by atoms with Gasteiger partial charge in [-0.3, -0.25) is 9.59 Å². The first-order chi connectivity index (χ1) is 9.97. The quantitative estimate of drug-likeness (QED) is 0.801. The number of benzene rings is 1. The van der Waals surface area contributed by atoms with E-state index in [0.29, 0.717) is 26.2 Å². The molecular formula is C14H18F2N3O2+. The van der Waals surface area contributed by atoms with E-state index >= 15 is 0 Å². The first kappa shape index (κ1) is 15.4. The van der Waals surface area contributed by atoms with Crippen LogP contribution in [0.4, 0.5) is 14.5 Å². The van der Waals surface area contributed by atoms with Crippen molar-refractivity contribution in [3.8, 4) is 0 Å². The minimum absolute atomic E-state index is 0.0203. The second-order valence-corrected chi connectivity index (χ2v) is 5.08. The number of piperazine rings is 1. The van der Waals surface area contributed by atoms with Gasteiger partial charge in [-0.05, 0) is 12.1 Å². The highest BCUT2D eigenvalue weighted by Gasteiger charge is 2.24. The minimum Gasteiger partial charge on any atom is -0.332 e. The number of carbonyl (C=O) groups excluding carboxylic acids is 2. The highest BCUT2D eigenvalue weighted by molar-refractivity contribution is 5.91. The van der Waals surface area contributed by atoms with Crippen LogP contribution in [0.5, 0.6) is 0 Å². The second-order valence-electron chi connectivity index (χ2n) is 5.08. The van der Waals surface area contributed by atoms with Crippen LogP contribution in [0.3, 0.4) is 0 Å². The van der Waals surface area contributed by atoms with Gasteiger partial charge in [0.1, 0.15) is 17.3 Å². The van der Waals surface area contributed by atoms with Crippen LogP contribution >= 0.6 is 0 Å². The number of hydrogen-bond acceptors (Lipinski definition) is 2. The maximum atomic E-state index is 13.4. The average molecular weight is 298 g/mol. The zero-order chi connectivity index (χ0) is 15.4. The molecule has 0 aromatic heterocycles. The van der Waals surface area contributed by atoms with Gasteiger partial charge in [0.25, 0.3) is 5.91 Å². The normalized spacial score (nSPS) is 15.9. The highest BCUT2D eigenvalue weighted by atomic mass is 19.1. The molecule has 1 aromatic rings. The molecule has 0 radical (unpaired) electrons. The monoisotopic (exact) mass is 298 g/mol. The molecule has 2 N–H and O–H groups in total. The fourth-order valence-corrected chi connectivity index (χ4v) is 2.34. The smallest absolute Gasteiger partial charge is 0.279 e. The number of halogens is 2. The molecule has 114 valence electrons. The maximum Gasteiger partial charge on any atom is 0.279 e. The lowest BCUT2D eigenvalue weighted by molar-refractivity contribution is -0.895. The Morgan fingerprint density at radius 2 is 1.81 bits per heavy atom. The Morgan fingerprint density at radius 1 is 1.24 bits per heavy atom. The third kappa shape index (κ3) is 3.98. The number of nitrogens with one attached hydrogen (secondary N) is 2. The molecule has 1 saturated heterocycles. The molecule has 21 heavy (non-hydrogen) atoms. The van der Waals surface area contributed by atoms with Crippen LogP contribution < -0.4 is 10.2 Å². The van der Waals surface area contributed by atoms with Crippen molar-refractivity contribution in [1.82, 2.24) is 4.90 Å². The SMILES string of the molecule is CC(=O)N1CC[NH+](CC(=O)Nc2c(F)cccc2F)CC1. The summed E-state index contributed by atoms with van der Waals surface area (Å²) in [5, 5.41) is 2.27. The number of hydrogen-bond donors (Lipinski definition) is 2. The van der Waals surface area contributed by atoms with Crippen LogP contribution in [0.2, 0.25) is 0 Å². The molecule has 1 aliphatic rings. The van der Waals surface area contributed by atoms with Crippen LogP contribution in [-0.4, -0.2) is 49.4 Å². The van der Waals surface area contributed by atoms with Gasteiger partial charge in [0, 0.05) is 6.92 Å². The largest absolute Gasteiger partial charge is 0.332 e. The third-order valence-electron chi connectivity index (χ3n) is 3.55. The van der Waals surface area contributed by atoms with E-state index in [1.54, 1.807) is 4.90 Å². The molecule has 0 aliphatic carbocycles. The van der Waals surface area contributed by atoms with Crippen LogP contribution in [0.1, 0.15) is 6.92 Å². The number of quaternary nitrogens is 1. The lowest BCUT2D eigenvalue weighted by atomic mass is 10.2. The first-order valence-electron chi connectivity index (χ1n) is 6.80. The van der Waals surface area contributed by atoms with Gasteiger partial charge in [0.15, 0.2) is 6.54 Å². The fourth-order valence-electron chi connectivity index (χ4n) is 2.34. The number of nitrogens with zero attached hydrogens (tertiary/aromatic N) is 1. The summed E-state index contributed by atoms with van der Waals surface area (Å²) in [6.07, 6.45) is 0. The van der Waals surface area contributed by atoms with Crippen molar-refractivity contribution in [2.45, 2.75) is 6.92 Å². The summed E-state index contributed by atoms with van der Waals surface area (Å²) in [4.78, 5) is 25.8. The van der Waals surface area contributed by atoms with Crippen molar-refractivity contribution in [3.05, 3.63) is 29.8 Å². The Hall–Kier alpha value is -2.02. The van der Waals surface area contributed by atoms with E-state index in [9.17, 15) is 18.4 Å². The molecule has 1 aromatic carbocycles. The summed E-state index contributed by atoms with van der Waals surface area (Å²) in [6, 6.07) is 3.43. The van der Waals surface area contributed by atoms with Gasteiger partial charge in [0.2, 0.25) is 5.91 Å². The number of amides is 2. The molecule has 1 fully saturated rings. The molecule has 7 heteroatoms. The predicted octanol–water partition coefficient (Wildman–Crippen LogP) is -0.350. The van der Waals surface area contributed by atoms with Gasteiger partial charge in [-0.25, -0.2) is 8.78 Å². The number of carbonyl (C=O) groups is 2. The Bertz CT molecular complexity index is 523. The van der Waals surface area contributed by atoms with Crippen LogP contribution in [0.15, 0.2) is 18.2 Å². The number of rotatable bonds is 3. The lowest BCUT2D eigenvalue weighted by Crippen LogP contribution is -3.15. The minimum atomic E-state index is -0.792. The highest BCUT2D eigenvalue weighted by Crippen LogP contribution is 2.17. The molecule has 0 spiro atoms. The molecule has 1 aliphatic heterocycles. The molecule has 0 atom stereocenters. The van der Waals surface area contributed by atoms with Gasteiger partial charge < -0.3 is 15.1 Å². The Labute approximate surface area is 121 Å². The van der Waals surface area contributed by atoms with Gasteiger partial charge >= 0.3 is 0 Å². The van der Waals surface area contributed by atoms with Crippen molar-refractivity contribution in [2.24, 2.45) is 0 Å². The third-order valence-corrected chi connectivity index (χ3v) is 3.55. The Balaban J connectivity index is 1.87. The molecule has 0 unspecified atom stereocenters. The van der Waals surface area contributed by atoms with Gasteiger partial charge in [-0.1, -0.05) is 6.07 Å². The topological polar surface area (TPSA) is 53.9 Å². The van der Waals surface area contributed by atoms with Gasteiger partial charge in [0.05, 0.1) is 26.2 Å². The van der Waals surface area contributed by atoms with Crippen molar-refractivity contribution >= 4 is 17.5 Å². The summed E-state index contributed by atoms with van der Waals surface area (Å²) in [7, 11) is 0. The molecular weight excluding hydrogens is 280 g/mol. The number of anilines is 1. The standard InChI is InChI=1S/C14H17F2N3O2/c1-10(20)19-7-5-18(6-8-19)9-13(21)17-14-11(15)3-2-4-12(14)16/h2-4H,5-9H2,1H3,(H,17,21)/p+1. The Morgan fingerprint density at radius 3 is 2.33 bits per heavy atom. The molecule has 1 heterocycles. The van der Waals surface area contributed by atoms with Crippen LogP contribution in [0.25, 0.3) is 0 Å². The van der Waals surface area contributed by atoms with E-state index in [2.05, 4.69) is 5.32 Å². The Kier molecular flexibility index (Phi) is 4.85. The molecule has 0 bridgehead atoms. The second kappa shape index (κ2) is 6.62. The summed E-state index contributed by atoms with van der Waals surface area (Å²) in [6.45, 7) is 4.11. The van der Waals surface area contributed by atoms with E-state index in [1.165, 1.54) is 13.0 Å². The van der Waals surface area contributed by atoms with Crippen molar-refractivity contribution in [2.75, 3.05) is 38.0 Å². The zero-order valence-electron chi connectivity index (χ0n) is 11.8. The number of para-hydroxylation sites is 1. The van der Waals surface area contributed by atoms with E-state index in [-0.39, 0.29) is 12.5 Å². The van der Waals surface area contributed by atoms with E-state index in [1.807, 2.05) is 0 Å². The summed E-state index contributed by atoms with van der Waals surface area (Å²) in [5.74, 6) is -2.00.